The maximum Gasteiger partial charge on any atom is 0.243 e. The average Bonchev–Trinajstić information content (AvgIpc) is 2.55. The highest BCUT2D eigenvalue weighted by molar-refractivity contribution is 5.94. The van der Waals surface area contributed by atoms with E-state index in [4.69, 9.17) is 4.74 Å². The highest BCUT2D eigenvalue weighted by Gasteiger charge is 2.05. The van der Waals surface area contributed by atoms with E-state index < -0.39 is 0 Å². The van der Waals surface area contributed by atoms with Gasteiger partial charge in [-0.25, -0.2) is 0 Å². The molecule has 4 heteroatoms. The summed E-state index contributed by atoms with van der Waals surface area (Å²) in [4.78, 5) is 12.1. The van der Waals surface area contributed by atoms with E-state index >= 15 is 0 Å². The van der Waals surface area contributed by atoms with Gasteiger partial charge in [0.15, 0.2) is 0 Å². The number of aryl methyl sites for hydroxylation is 2. The molecule has 120 valence electrons. The molecule has 0 fully saturated rings. The second kappa shape index (κ2) is 8.03. The first-order valence-electron chi connectivity index (χ1n) is 7.53. The Morgan fingerprint density at radius 3 is 2.83 bits per heavy atom. The Morgan fingerprint density at radius 2 is 2.04 bits per heavy atom. The highest BCUT2D eigenvalue weighted by atomic mass is 16.5. The molecule has 2 rings (SSSR count). The van der Waals surface area contributed by atoms with Gasteiger partial charge in [-0.1, -0.05) is 30.9 Å². The minimum atomic E-state index is -0.0869. The Balaban J connectivity index is 1.91. The van der Waals surface area contributed by atoms with Gasteiger partial charge in [0.05, 0.1) is 6.54 Å². The van der Waals surface area contributed by atoms with Crippen LogP contribution in [0.1, 0.15) is 11.1 Å². The normalized spacial score (nSPS) is 10.0. The van der Waals surface area contributed by atoms with Gasteiger partial charge in [-0.3, -0.25) is 4.79 Å². The van der Waals surface area contributed by atoms with E-state index in [0.29, 0.717) is 6.61 Å². The van der Waals surface area contributed by atoms with Crippen molar-refractivity contribution in [3.8, 4) is 5.75 Å². The molecular weight excluding hydrogens is 288 g/mol. The fraction of sp³-hybridized carbons (Fsp3) is 0.211. The standard InChI is InChI=1S/C19H22N2O2/c1-4-10-23-17-7-5-6-16(12-17)20-13-19(22)21-18-11-14(2)8-9-15(18)3/h4-9,11-12,20H,1,10,13H2,2-3H3,(H,21,22). The summed E-state index contributed by atoms with van der Waals surface area (Å²) in [7, 11) is 0. The van der Waals surface area contributed by atoms with Crippen LogP contribution in [0.5, 0.6) is 5.75 Å². The third-order valence-corrected chi connectivity index (χ3v) is 3.32. The van der Waals surface area contributed by atoms with Gasteiger partial charge in [0.1, 0.15) is 12.4 Å². The summed E-state index contributed by atoms with van der Waals surface area (Å²) in [6.07, 6.45) is 1.69. The minimum Gasteiger partial charge on any atom is -0.489 e. The Bertz CT molecular complexity index is 696. The van der Waals surface area contributed by atoms with Crippen molar-refractivity contribution in [1.82, 2.24) is 0 Å². The lowest BCUT2D eigenvalue weighted by Crippen LogP contribution is -2.22. The maximum absolute atomic E-state index is 12.1. The molecule has 2 aromatic carbocycles. The summed E-state index contributed by atoms with van der Waals surface area (Å²) in [6, 6.07) is 13.5. The van der Waals surface area contributed by atoms with Crippen LogP contribution in [0.2, 0.25) is 0 Å². The van der Waals surface area contributed by atoms with Gasteiger partial charge in [-0.2, -0.15) is 0 Å². The smallest absolute Gasteiger partial charge is 0.243 e. The first-order valence-corrected chi connectivity index (χ1v) is 7.53. The van der Waals surface area contributed by atoms with Gasteiger partial charge in [-0.05, 0) is 43.2 Å². The summed E-state index contributed by atoms with van der Waals surface area (Å²) in [5.74, 6) is 0.654. The van der Waals surface area contributed by atoms with Crippen molar-refractivity contribution >= 4 is 17.3 Å². The van der Waals surface area contributed by atoms with Crippen molar-refractivity contribution in [2.24, 2.45) is 0 Å². The average molecular weight is 310 g/mol. The predicted octanol–water partition coefficient (Wildman–Crippen LogP) is 3.92. The fourth-order valence-corrected chi connectivity index (χ4v) is 2.10. The molecule has 0 saturated carbocycles. The maximum atomic E-state index is 12.1. The van der Waals surface area contributed by atoms with E-state index in [1.54, 1.807) is 6.08 Å². The number of carbonyl (C=O) groups excluding carboxylic acids is 1. The van der Waals surface area contributed by atoms with Crippen LogP contribution < -0.4 is 15.4 Å². The topological polar surface area (TPSA) is 50.4 Å². The SMILES string of the molecule is C=CCOc1cccc(NCC(=O)Nc2cc(C)ccc2C)c1. The second-order valence-corrected chi connectivity index (χ2v) is 5.35. The van der Waals surface area contributed by atoms with Crippen molar-refractivity contribution in [3.05, 3.63) is 66.2 Å². The molecule has 2 N–H and O–H groups in total. The third-order valence-electron chi connectivity index (χ3n) is 3.32. The largest absolute Gasteiger partial charge is 0.489 e. The summed E-state index contributed by atoms with van der Waals surface area (Å²) < 4.78 is 5.47. The van der Waals surface area contributed by atoms with Crippen LogP contribution >= 0.6 is 0 Å². The quantitative estimate of drug-likeness (QED) is 0.762. The monoisotopic (exact) mass is 310 g/mol. The first-order chi connectivity index (χ1) is 11.1. The number of hydrogen-bond acceptors (Lipinski definition) is 3. The molecule has 0 spiro atoms. The van der Waals surface area contributed by atoms with Gasteiger partial charge in [-0.15, -0.1) is 0 Å². The minimum absolute atomic E-state index is 0.0869. The zero-order valence-corrected chi connectivity index (χ0v) is 13.6. The molecule has 2 aromatic rings. The van der Waals surface area contributed by atoms with E-state index in [0.717, 1.165) is 28.3 Å². The van der Waals surface area contributed by atoms with Crippen LogP contribution in [0.3, 0.4) is 0 Å². The van der Waals surface area contributed by atoms with Crippen molar-refractivity contribution in [2.45, 2.75) is 13.8 Å². The van der Waals surface area contributed by atoms with Crippen molar-refractivity contribution in [1.29, 1.82) is 0 Å². The summed E-state index contributed by atoms with van der Waals surface area (Å²) in [5, 5.41) is 6.02. The summed E-state index contributed by atoms with van der Waals surface area (Å²) >= 11 is 0. The first kappa shape index (κ1) is 16.6. The number of carbonyl (C=O) groups is 1. The number of ether oxygens (including phenoxy) is 1. The number of nitrogens with one attached hydrogen (secondary N) is 2. The molecule has 23 heavy (non-hydrogen) atoms. The molecule has 0 bridgehead atoms. The zero-order chi connectivity index (χ0) is 16.7. The predicted molar refractivity (Wildman–Crippen MR) is 95.2 cm³/mol. The molecule has 0 aliphatic carbocycles. The Labute approximate surface area is 137 Å². The Hall–Kier alpha value is -2.75. The summed E-state index contributed by atoms with van der Waals surface area (Å²) in [5.41, 5.74) is 3.84. The van der Waals surface area contributed by atoms with E-state index in [1.807, 2.05) is 56.3 Å². The molecule has 0 heterocycles. The Kier molecular flexibility index (Phi) is 5.80. The van der Waals surface area contributed by atoms with Crippen LogP contribution in [-0.2, 0) is 4.79 Å². The van der Waals surface area contributed by atoms with Crippen LogP contribution in [0.4, 0.5) is 11.4 Å². The molecule has 0 aromatic heterocycles. The van der Waals surface area contributed by atoms with E-state index in [1.165, 1.54) is 0 Å². The lowest BCUT2D eigenvalue weighted by molar-refractivity contribution is -0.114. The number of amides is 1. The molecule has 0 aliphatic rings. The van der Waals surface area contributed by atoms with Crippen LogP contribution in [0.15, 0.2) is 55.1 Å². The fourth-order valence-electron chi connectivity index (χ4n) is 2.10. The van der Waals surface area contributed by atoms with Crippen LogP contribution in [0.25, 0.3) is 0 Å². The molecule has 0 aliphatic heterocycles. The Morgan fingerprint density at radius 1 is 1.22 bits per heavy atom. The number of benzene rings is 2. The molecule has 0 saturated heterocycles. The lowest BCUT2D eigenvalue weighted by Gasteiger charge is -2.11. The lowest BCUT2D eigenvalue weighted by atomic mass is 10.1. The zero-order valence-electron chi connectivity index (χ0n) is 13.6. The van der Waals surface area contributed by atoms with E-state index in [2.05, 4.69) is 17.2 Å². The molecule has 0 atom stereocenters. The third kappa shape index (κ3) is 5.18. The molecule has 4 nitrogen and oxygen atoms in total. The van der Waals surface area contributed by atoms with Crippen molar-refractivity contribution < 1.29 is 9.53 Å². The number of anilines is 2. The van der Waals surface area contributed by atoms with Crippen molar-refractivity contribution in [2.75, 3.05) is 23.8 Å². The molecular formula is C19H22N2O2. The van der Waals surface area contributed by atoms with Gasteiger partial charge in [0.2, 0.25) is 5.91 Å². The van der Waals surface area contributed by atoms with Crippen LogP contribution in [-0.4, -0.2) is 19.1 Å². The van der Waals surface area contributed by atoms with Crippen LogP contribution in [0, 0.1) is 13.8 Å². The highest BCUT2D eigenvalue weighted by Crippen LogP contribution is 2.18. The molecule has 0 radical (unpaired) electrons. The van der Waals surface area contributed by atoms with E-state index in [-0.39, 0.29) is 12.5 Å². The summed E-state index contributed by atoms with van der Waals surface area (Å²) in [6.45, 7) is 8.24. The van der Waals surface area contributed by atoms with Crippen molar-refractivity contribution in [3.63, 3.8) is 0 Å². The van der Waals surface area contributed by atoms with Gasteiger partial charge >= 0.3 is 0 Å². The molecule has 1 amide bonds. The van der Waals surface area contributed by atoms with Gasteiger partial charge in [0.25, 0.3) is 0 Å². The second-order valence-electron chi connectivity index (χ2n) is 5.35. The number of hydrogen-bond donors (Lipinski definition) is 2. The molecule has 0 unspecified atom stereocenters. The number of rotatable bonds is 7. The van der Waals surface area contributed by atoms with Gasteiger partial charge in [0, 0.05) is 17.4 Å². The van der Waals surface area contributed by atoms with E-state index in [9.17, 15) is 4.79 Å². The van der Waals surface area contributed by atoms with Gasteiger partial charge < -0.3 is 15.4 Å².